The van der Waals surface area contributed by atoms with E-state index >= 15 is 0 Å². The molecule has 7 heteroatoms. The van der Waals surface area contributed by atoms with Crippen LogP contribution in [0.5, 0.6) is 5.75 Å². The molecule has 1 heterocycles. The number of carbonyl (C=O) groups is 2. The van der Waals surface area contributed by atoms with Gasteiger partial charge >= 0.3 is 0 Å². The van der Waals surface area contributed by atoms with Gasteiger partial charge in [-0.15, -0.1) is 0 Å². The SMILES string of the molecule is COc1ccc(-c2ccc3cc(CC(C#N)NC=O)oc3c2)cc1N(C)C=O. The van der Waals surface area contributed by atoms with Crippen molar-refractivity contribution in [1.82, 2.24) is 5.32 Å². The van der Waals surface area contributed by atoms with E-state index in [-0.39, 0.29) is 6.42 Å². The number of hydrogen-bond acceptors (Lipinski definition) is 5. The van der Waals surface area contributed by atoms with E-state index in [1.807, 2.05) is 48.5 Å². The molecule has 142 valence electrons. The summed E-state index contributed by atoms with van der Waals surface area (Å²) >= 11 is 0. The van der Waals surface area contributed by atoms with Gasteiger partial charge < -0.3 is 19.4 Å². The highest BCUT2D eigenvalue weighted by molar-refractivity contribution is 5.86. The van der Waals surface area contributed by atoms with Crippen LogP contribution in [0.2, 0.25) is 0 Å². The van der Waals surface area contributed by atoms with Crippen molar-refractivity contribution in [3.63, 3.8) is 0 Å². The lowest BCUT2D eigenvalue weighted by Gasteiger charge is -2.16. The largest absolute Gasteiger partial charge is 0.495 e. The first kappa shape index (κ1) is 19.0. The predicted octanol–water partition coefficient (Wildman–Crippen LogP) is 2.88. The Morgan fingerprint density at radius 3 is 2.64 bits per heavy atom. The Labute approximate surface area is 162 Å². The second-order valence-corrected chi connectivity index (χ2v) is 6.24. The second-order valence-electron chi connectivity index (χ2n) is 6.24. The zero-order valence-corrected chi connectivity index (χ0v) is 15.5. The highest BCUT2D eigenvalue weighted by Gasteiger charge is 2.13. The molecule has 0 fully saturated rings. The fourth-order valence-corrected chi connectivity index (χ4v) is 2.99. The number of amides is 2. The van der Waals surface area contributed by atoms with Crippen LogP contribution in [0.15, 0.2) is 46.9 Å². The molecule has 1 atom stereocenters. The third-order valence-corrected chi connectivity index (χ3v) is 4.45. The van der Waals surface area contributed by atoms with Crippen molar-refractivity contribution < 1.29 is 18.7 Å². The normalized spacial score (nSPS) is 11.5. The molecule has 0 bridgehead atoms. The van der Waals surface area contributed by atoms with Crippen molar-refractivity contribution in [2.45, 2.75) is 12.5 Å². The summed E-state index contributed by atoms with van der Waals surface area (Å²) in [4.78, 5) is 23.2. The number of fused-ring (bicyclic) bond motifs is 1. The first-order valence-electron chi connectivity index (χ1n) is 8.58. The average molecular weight is 377 g/mol. The van der Waals surface area contributed by atoms with Crippen molar-refractivity contribution >= 4 is 29.5 Å². The Morgan fingerprint density at radius 1 is 1.21 bits per heavy atom. The first-order valence-corrected chi connectivity index (χ1v) is 8.58. The van der Waals surface area contributed by atoms with Crippen LogP contribution in [0.4, 0.5) is 5.69 Å². The number of anilines is 1. The Kier molecular flexibility index (Phi) is 5.61. The number of methoxy groups -OCH3 is 1. The topological polar surface area (TPSA) is 95.6 Å². The summed E-state index contributed by atoms with van der Waals surface area (Å²) in [5, 5.41) is 12.4. The Hall–Kier alpha value is -3.79. The van der Waals surface area contributed by atoms with Gasteiger partial charge in [-0.25, -0.2) is 0 Å². The number of rotatable bonds is 8. The third kappa shape index (κ3) is 3.81. The number of ether oxygens (including phenoxy) is 1. The minimum Gasteiger partial charge on any atom is -0.495 e. The summed E-state index contributed by atoms with van der Waals surface area (Å²) in [6.45, 7) is 0. The molecule has 0 aliphatic rings. The Bertz CT molecular complexity index is 1050. The van der Waals surface area contributed by atoms with Gasteiger partial charge in [-0.05, 0) is 35.4 Å². The summed E-state index contributed by atoms with van der Waals surface area (Å²) in [7, 11) is 3.22. The van der Waals surface area contributed by atoms with Crippen LogP contribution in [-0.4, -0.2) is 33.0 Å². The maximum Gasteiger partial charge on any atom is 0.213 e. The molecular weight excluding hydrogens is 358 g/mol. The molecule has 3 aromatic rings. The van der Waals surface area contributed by atoms with Crippen LogP contribution < -0.4 is 15.0 Å². The number of nitrogens with zero attached hydrogens (tertiary/aromatic N) is 2. The van der Waals surface area contributed by atoms with E-state index in [0.29, 0.717) is 29.2 Å². The minimum absolute atomic E-state index is 0.288. The van der Waals surface area contributed by atoms with Crippen molar-refractivity contribution in [2.75, 3.05) is 19.1 Å². The lowest BCUT2D eigenvalue weighted by molar-refractivity contribution is -0.110. The van der Waals surface area contributed by atoms with Crippen molar-refractivity contribution in [3.05, 3.63) is 48.2 Å². The fourth-order valence-electron chi connectivity index (χ4n) is 2.99. The molecule has 0 saturated heterocycles. The summed E-state index contributed by atoms with van der Waals surface area (Å²) in [6, 6.07) is 14.6. The van der Waals surface area contributed by atoms with Gasteiger partial charge in [0.1, 0.15) is 23.1 Å². The van der Waals surface area contributed by atoms with Crippen LogP contribution in [-0.2, 0) is 16.0 Å². The summed E-state index contributed by atoms with van der Waals surface area (Å²) < 4.78 is 11.2. The lowest BCUT2D eigenvalue weighted by atomic mass is 10.0. The zero-order chi connectivity index (χ0) is 20.1. The molecule has 1 aromatic heterocycles. The molecule has 1 unspecified atom stereocenters. The molecule has 0 aliphatic heterocycles. The van der Waals surface area contributed by atoms with Gasteiger partial charge in [0.25, 0.3) is 0 Å². The Balaban J connectivity index is 1.95. The van der Waals surface area contributed by atoms with Crippen LogP contribution in [0.25, 0.3) is 22.1 Å². The van der Waals surface area contributed by atoms with Gasteiger partial charge in [0.2, 0.25) is 12.8 Å². The summed E-state index contributed by atoms with van der Waals surface area (Å²) in [6.07, 6.45) is 1.52. The lowest BCUT2D eigenvalue weighted by Crippen LogP contribution is -2.27. The maximum absolute atomic E-state index is 11.2. The van der Waals surface area contributed by atoms with Gasteiger partial charge in [-0.1, -0.05) is 18.2 Å². The molecule has 0 aliphatic carbocycles. The third-order valence-electron chi connectivity index (χ3n) is 4.45. The zero-order valence-electron chi connectivity index (χ0n) is 15.5. The van der Waals surface area contributed by atoms with E-state index in [2.05, 4.69) is 5.32 Å². The van der Waals surface area contributed by atoms with Crippen molar-refractivity contribution in [2.24, 2.45) is 0 Å². The van der Waals surface area contributed by atoms with E-state index in [9.17, 15) is 9.59 Å². The average Bonchev–Trinajstić information content (AvgIpc) is 3.13. The maximum atomic E-state index is 11.2. The highest BCUT2D eigenvalue weighted by Crippen LogP contribution is 2.34. The van der Waals surface area contributed by atoms with E-state index in [1.54, 1.807) is 14.2 Å². The van der Waals surface area contributed by atoms with Crippen LogP contribution in [0, 0.1) is 11.3 Å². The number of carbonyl (C=O) groups excluding carboxylic acids is 2. The van der Waals surface area contributed by atoms with Gasteiger partial charge in [-0.2, -0.15) is 5.26 Å². The van der Waals surface area contributed by atoms with Crippen LogP contribution in [0.3, 0.4) is 0 Å². The fraction of sp³-hybridized carbons (Fsp3) is 0.190. The molecular formula is C21H19N3O4. The number of hydrogen-bond donors (Lipinski definition) is 1. The monoisotopic (exact) mass is 377 g/mol. The van der Waals surface area contributed by atoms with Crippen molar-refractivity contribution in [1.29, 1.82) is 5.26 Å². The van der Waals surface area contributed by atoms with E-state index in [4.69, 9.17) is 14.4 Å². The summed E-state index contributed by atoms with van der Waals surface area (Å²) in [5.41, 5.74) is 3.16. The molecule has 2 aromatic carbocycles. The van der Waals surface area contributed by atoms with E-state index < -0.39 is 6.04 Å². The van der Waals surface area contributed by atoms with Crippen molar-refractivity contribution in [3.8, 4) is 22.9 Å². The molecule has 0 saturated carbocycles. The number of furan rings is 1. The smallest absolute Gasteiger partial charge is 0.213 e. The van der Waals surface area contributed by atoms with Gasteiger partial charge in [-0.3, -0.25) is 9.59 Å². The highest BCUT2D eigenvalue weighted by atomic mass is 16.5. The quantitative estimate of drug-likeness (QED) is 0.609. The molecule has 1 N–H and O–H groups in total. The number of nitriles is 1. The minimum atomic E-state index is -0.638. The molecule has 7 nitrogen and oxygen atoms in total. The molecule has 0 radical (unpaired) electrons. The van der Waals surface area contributed by atoms with E-state index in [0.717, 1.165) is 22.9 Å². The second kappa shape index (κ2) is 8.27. The molecule has 0 spiro atoms. The molecule has 3 rings (SSSR count). The first-order chi connectivity index (χ1) is 13.6. The standard InChI is InChI=1S/C21H19N3O4/c1-24(13-26)19-8-14(5-6-20(19)27-2)15-3-4-16-7-18(28-21(16)9-15)10-17(11-22)23-12-25/h3-9,12-13,17H,10H2,1-2H3,(H,23,25). The summed E-state index contributed by atoms with van der Waals surface area (Å²) in [5.74, 6) is 1.22. The van der Waals surface area contributed by atoms with Gasteiger partial charge in [0.15, 0.2) is 0 Å². The van der Waals surface area contributed by atoms with E-state index in [1.165, 1.54) is 4.90 Å². The number of benzene rings is 2. The van der Waals surface area contributed by atoms with Crippen LogP contribution in [0.1, 0.15) is 5.76 Å². The molecule has 28 heavy (non-hydrogen) atoms. The van der Waals surface area contributed by atoms with Gasteiger partial charge in [0, 0.05) is 18.9 Å². The van der Waals surface area contributed by atoms with Gasteiger partial charge in [0.05, 0.1) is 18.9 Å². The Morgan fingerprint density at radius 2 is 1.96 bits per heavy atom. The molecule has 2 amide bonds. The van der Waals surface area contributed by atoms with Crippen LogP contribution >= 0.6 is 0 Å². The predicted molar refractivity (Wildman–Crippen MR) is 105 cm³/mol. The number of nitrogens with one attached hydrogen (secondary N) is 1.